The third-order valence-electron chi connectivity index (χ3n) is 2.93. The van der Waals surface area contributed by atoms with Crippen LogP contribution in [0.4, 0.5) is 0 Å². The molecule has 0 aliphatic carbocycles. The molecule has 0 amide bonds. The Balaban J connectivity index is 2.28. The van der Waals surface area contributed by atoms with Gasteiger partial charge in [-0.2, -0.15) is 0 Å². The number of carbonyl (C=O) groups is 1. The number of hydrogen-bond acceptors (Lipinski definition) is 3. The number of rotatable bonds is 4. The van der Waals surface area contributed by atoms with E-state index >= 15 is 0 Å². The van der Waals surface area contributed by atoms with Crippen molar-refractivity contribution in [1.29, 1.82) is 0 Å². The monoisotopic (exact) mass is 244 g/mol. The molecule has 0 aliphatic rings. The third kappa shape index (κ3) is 2.42. The largest absolute Gasteiger partial charge is 0.496 e. The molecule has 1 aromatic heterocycles. The van der Waals surface area contributed by atoms with E-state index in [0.29, 0.717) is 6.54 Å². The van der Waals surface area contributed by atoms with E-state index in [1.165, 1.54) is 0 Å². The predicted molar refractivity (Wildman–Crippen MR) is 69.0 cm³/mol. The Morgan fingerprint density at radius 3 is 2.72 bits per heavy atom. The van der Waals surface area contributed by atoms with E-state index in [0.717, 1.165) is 22.4 Å². The lowest BCUT2D eigenvalue weighted by molar-refractivity contribution is 0.0971. The van der Waals surface area contributed by atoms with Crippen molar-refractivity contribution in [2.45, 2.75) is 20.4 Å². The van der Waals surface area contributed by atoms with E-state index in [1.54, 1.807) is 30.4 Å². The lowest BCUT2D eigenvalue weighted by Crippen LogP contribution is -2.11. The third-order valence-corrected chi connectivity index (χ3v) is 2.93. The molecule has 0 atom stereocenters. The molecule has 0 spiro atoms. The number of aromatic nitrogens is 2. The Morgan fingerprint density at radius 1 is 1.33 bits per heavy atom. The van der Waals surface area contributed by atoms with E-state index in [4.69, 9.17) is 4.74 Å². The van der Waals surface area contributed by atoms with Crippen LogP contribution in [0.5, 0.6) is 5.75 Å². The highest BCUT2D eigenvalue weighted by molar-refractivity contribution is 5.97. The summed E-state index contributed by atoms with van der Waals surface area (Å²) in [7, 11) is 1.63. The van der Waals surface area contributed by atoms with Gasteiger partial charge >= 0.3 is 0 Å². The van der Waals surface area contributed by atoms with Gasteiger partial charge in [0, 0.05) is 18.0 Å². The molecule has 4 heteroatoms. The summed E-state index contributed by atoms with van der Waals surface area (Å²) in [6.45, 7) is 4.17. The fraction of sp³-hybridized carbons (Fsp3) is 0.286. The highest BCUT2D eigenvalue weighted by atomic mass is 16.5. The second kappa shape index (κ2) is 5.04. The molecular formula is C14H16N2O2. The minimum Gasteiger partial charge on any atom is -0.496 e. The van der Waals surface area contributed by atoms with Crippen molar-refractivity contribution >= 4 is 5.78 Å². The molecular weight excluding hydrogens is 228 g/mol. The van der Waals surface area contributed by atoms with Crippen molar-refractivity contribution in [1.82, 2.24) is 9.55 Å². The molecule has 18 heavy (non-hydrogen) atoms. The molecule has 0 unspecified atom stereocenters. The van der Waals surface area contributed by atoms with Crippen molar-refractivity contribution in [3.8, 4) is 5.75 Å². The molecule has 0 radical (unpaired) electrons. The van der Waals surface area contributed by atoms with Crippen LogP contribution in [-0.2, 0) is 6.54 Å². The van der Waals surface area contributed by atoms with Crippen molar-refractivity contribution in [2.75, 3.05) is 7.11 Å². The Kier molecular flexibility index (Phi) is 3.46. The lowest BCUT2D eigenvalue weighted by Gasteiger charge is -2.10. The van der Waals surface area contributed by atoms with Gasteiger partial charge in [0.1, 0.15) is 5.75 Å². The van der Waals surface area contributed by atoms with Crippen LogP contribution in [0.3, 0.4) is 0 Å². The molecule has 1 heterocycles. The topological polar surface area (TPSA) is 44.1 Å². The summed E-state index contributed by atoms with van der Waals surface area (Å²) in [5.41, 5.74) is 2.64. The second-order valence-corrected chi connectivity index (χ2v) is 4.29. The number of nitrogens with zero attached hydrogens (tertiary/aromatic N) is 2. The molecule has 0 saturated heterocycles. The zero-order valence-electron chi connectivity index (χ0n) is 10.8. The number of aryl methyl sites for hydroxylation is 2. The number of Topliss-reactive ketones (excluding diaryl/α,β-unsaturated/α-hetero) is 1. The normalized spacial score (nSPS) is 10.4. The number of benzene rings is 1. The van der Waals surface area contributed by atoms with Crippen LogP contribution < -0.4 is 4.74 Å². The predicted octanol–water partition coefficient (Wildman–Crippen LogP) is 2.39. The standard InChI is InChI=1S/C14H16N2O2/c1-10-7-14(18-3)11(2)6-12(10)13(17)8-16-5-4-15-9-16/h4-7,9H,8H2,1-3H3. The van der Waals surface area contributed by atoms with Gasteiger partial charge in [0.2, 0.25) is 0 Å². The summed E-state index contributed by atoms with van der Waals surface area (Å²) in [5.74, 6) is 0.892. The first kappa shape index (κ1) is 12.4. The number of hydrogen-bond donors (Lipinski definition) is 0. The maximum Gasteiger partial charge on any atom is 0.182 e. The molecule has 2 aromatic rings. The summed E-state index contributed by atoms with van der Waals surface area (Å²) in [6.07, 6.45) is 5.09. The van der Waals surface area contributed by atoms with E-state index in [9.17, 15) is 4.79 Å². The zero-order valence-corrected chi connectivity index (χ0v) is 10.8. The van der Waals surface area contributed by atoms with Crippen LogP contribution in [0.25, 0.3) is 0 Å². The highest BCUT2D eigenvalue weighted by Crippen LogP contribution is 2.23. The molecule has 4 nitrogen and oxygen atoms in total. The van der Waals surface area contributed by atoms with Crippen LogP contribution in [0.1, 0.15) is 21.5 Å². The molecule has 0 aliphatic heterocycles. The molecule has 1 aromatic carbocycles. The molecule has 0 saturated carbocycles. The van der Waals surface area contributed by atoms with Gasteiger partial charge in [-0.15, -0.1) is 0 Å². The summed E-state index contributed by atoms with van der Waals surface area (Å²) >= 11 is 0. The van der Waals surface area contributed by atoms with Gasteiger partial charge in [0.05, 0.1) is 20.0 Å². The Hall–Kier alpha value is -2.10. The molecule has 0 fully saturated rings. The van der Waals surface area contributed by atoms with Gasteiger partial charge in [-0.3, -0.25) is 4.79 Å². The molecule has 0 bridgehead atoms. The van der Waals surface area contributed by atoms with Gasteiger partial charge < -0.3 is 9.30 Å². The Labute approximate surface area is 106 Å². The average molecular weight is 244 g/mol. The molecule has 2 rings (SSSR count). The lowest BCUT2D eigenvalue weighted by atomic mass is 10.0. The van der Waals surface area contributed by atoms with Crippen LogP contribution >= 0.6 is 0 Å². The van der Waals surface area contributed by atoms with Gasteiger partial charge in [0.25, 0.3) is 0 Å². The zero-order chi connectivity index (χ0) is 13.1. The fourth-order valence-corrected chi connectivity index (χ4v) is 1.94. The molecule has 94 valence electrons. The van der Waals surface area contributed by atoms with Crippen LogP contribution in [0, 0.1) is 13.8 Å². The van der Waals surface area contributed by atoms with Gasteiger partial charge in [-0.05, 0) is 37.1 Å². The first-order valence-electron chi connectivity index (χ1n) is 5.76. The first-order chi connectivity index (χ1) is 8.61. The summed E-state index contributed by atoms with van der Waals surface area (Å²) in [6, 6.07) is 3.78. The first-order valence-corrected chi connectivity index (χ1v) is 5.76. The number of ether oxygens (including phenoxy) is 1. The number of imidazole rings is 1. The Bertz CT molecular complexity index is 559. The van der Waals surface area contributed by atoms with Crippen LogP contribution in [0.2, 0.25) is 0 Å². The van der Waals surface area contributed by atoms with E-state index in [1.807, 2.05) is 26.0 Å². The van der Waals surface area contributed by atoms with Gasteiger partial charge in [0.15, 0.2) is 5.78 Å². The van der Waals surface area contributed by atoms with Gasteiger partial charge in [-0.1, -0.05) is 0 Å². The summed E-state index contributed by atoms with van der Waals surface area (Å²) in [5, 5.41) is 0. The summed E-state index contributed by atoms with van der Waals surface area (Å²) in [4.78, 5) is 16.1. The maximum atomic E-state index is 12.2. The van der Waals surface area contributed by atoms with Crippen molar-refractivity contribution < 1.29 is 9.53 Å². The quantitative estimate of drug-likeness (QED) is 0.776. The van der Waals surface area contributed by atoms with Gasteiger partial charge in [-0.25, -0.2) is 4.98 Å². The van der Waals surface area contributed by atoms with Crippen molar-refractivity contribution in [3.63, 3.8) is 0 Å². The fourth-order valence-electron chi connectivity index (χ4n) is 1.94. The number of methoxy groups -OCH3 is 1. The van der Waals surface area contributed by atoms with E-state index in [-0.39, 0.29) is 5.78 Å². The van der Waals surface area contributed by atoms with E-state index < -0.39 is 0 Å². The van der Waals surface area contributed by atoms with Crippen molar-refractivity contribution in [2.24, 2.45) is 0 Å². The SMILES string of the molecule is COc1cc(C)c(C(=O)Cn2ccnc2)cc1C. The van der Waals surface area contributed by atoms with Crippen LogP contribution in [0.15, 0.2) is 30.9 Å². The number of carbonyl (C=O) groups excluding carboxylic acids is 1. The summed E-state index contributed by atoms with van der Waals surface area (Å²) < 4.78 is 7.01. The minimum atomic E-state index is 0.0799. The van der Waals surface area contributed by atoms with Crippen LogP contribution in [-0.4, -0.2) is 22.4 Å². The average Bonchev–Trinajstić information content (AvgIpc) is 2.84. The second-order valence-electron chi connectivity index (χ2n) is 4.29. The Morgan fingerprint density at radius 2 is 2.11 bits per heavy atom. The maximum absolute atomic E-state index is 12.2. The number of ketones is 1. The van der Waals surface area contributed by atoms with E-state index in [2.05, 4.69) is 4.98 Å². The highest BCUT2D eigenvalue weighted by Gasteiger charge is 2.12. The minimum absolute atomic E-state index is 0.0799. The van der Waals surface area contributed by atoms with Crippen molar-refractivity contribution in [3.05, 3.63) is 47.5 Å². The molecule has 0 N–H and O–H groups in total. The smallest absolute Gasteiger partial charge is 0.182 e.